The van der Waals surface area contributed by atoms with Crippen molar-refractivity contribution in [3.8, 4) is 0 Å². The van der Waals surface area contributed by atoms with E-state index in [9.17, 15) is 19.8 Å². The van der Waals surface area contributed by atoms with E-state index in [1.165, 1.54) is 5.57 Å². The second-order valence-corrected chi connectivity index (χ2v) is 13.8. The maximum Gasteiger partial charge on any atom is 0.309 e. The van der Waals surface area contributed by atoms with Crippen LogP contribution in [0.2, 0.25) is 0 Å². The number of carbonyl (C=O) groups excluding carboxylic acids is 2. The minimum atomic E-state index is -0.600. The number of methoxy groups -OCH3 is 3. The van der Waals surface area contributed by atoms with Crippen molar-refractivity contribution in [3.63, 3.8) is 0 Å². The maximum absolute atomic E-state index is 13.4. The van der Waals surface area contributed by atoms with Gasteiger partial charge in [0.05, 0.1) is 36.4 Å². The summed E-state index contributed by atoms with van der Waals surface area (Å²) in [5.41, 5.74) is 2.11. The number of aliphatic hydroxyl groups is 2. The Labute approximate surface area is 266 Å². The highest BCUT2D eigenvalue weighted by molar-refractivity contribution is 5.82. The second kappa shape index (κ2) is 19.2. The fraction of sp³-hybridized carbons (Fsp3) is 0.833. The van der Waals surface area contributed by atoms with Crippen molar-refractivity contribution in [2.24, 2.45) is 29.6 Å². The number of hydrogen-bond donors (Lipinski definition) is 2. The minimum Gasteiger partial charge on any atom is -0.457 e. The molecule has 254 valence electrons. The molecule has 1 aliphatic heterocycles. The summed E-state index contributed by atoms with van der Waals surface area (Å²) in [4.78, 5) is 25.6. The summed E-state index contributed by atoms with van der Waals surface area (Å²) in [6.45, 7) is 12.2. The van der Waals surface area contributed by atoms with E-state index < -0.39 is 18.3 Å². The SMILES string of the molecule is CCCC(C=C(C)CC(C)CC(OC)C1OC(=O)C(C)CC1OC)C(=O)CCC(C)C(O)C(C)=CC1CCC(O)C(OC)C1. The predicted molar refractivity (Wildman–Crippen MR) is 173 cm³/mol. The van der Waals surface area contributed by atoms with Crippen molar-refractivity contribution in [2.75, 3.05) is 21.3 Å². The van der Waals surface area contributed by atoms with Gasteiger partial charge in [-0.05, 0) is 88.5 Å². The van der Waals surface area contributed by atoms with Crippen LogP contribution in [0, 0.1) is 29.6 Å². The van der Waals surface area contributed by atoms with E-state index in [0.717, 1.165) is 44.1 Å². The van der Waals surface area contributed by atoms with Crippen molar-refractivity contribution in [3.05, 3.63) is 23.3 Å². The van der Waals surface area contributed by atoms with Gasteiger partial charge in [-0.25, -0.2) is 0 Å². The van der Waals surface area contributed by atoms with E-state index in [0.29, 0.717) is 25.7 Å². The van der Waals surface area contributed by atoms with Crippen molar-refractivity contribution in [1.29, 1.82) is 0 Å². The van der Waals surface area contributed by atoms with Gasteiger partial charge in [0, 0.05) is 33.7 Å². The first-order chi connectivity index (χ1) is 20.8. The van der Waals surface area contributed by atoms with Gasteiger partial charge in [-0.2, -0.15) is 0 Å². The molecule has 8 nitrogen and oxygen atoms in total. The number of rotatable bonds is 18. The lowest BCUT2D eigenvalue weighted by atomic mass is 9.82. The van der Waals surface area contributed by atoms with Gasteiger partial charge in [-0.1, -0.05) is 51.8 Å². The van der Waals surface area contributed by atoms with Gasteiger partial charge in [0.25, 0.3) is 0 Å². The van der Waals surface area contributed by atoms with Crippen LogP contribution >= 0.6 is 0 Å². The monoisotopic (exact) mass is 622 g/mol. The molecule has 0 radical (unpaired) electrons. The van der Waals surface area contributed by atoms with E-state index >= 15 is 0 Å². The number of carbonyl (C=O) groups is 2. The molecule has 0 aromatic heterocycles. The van der Waals surface area contributed by atoms with Crippen molar-refractivity contribution in [2.45, 2.75) is 142 Å². The molecular formula is C36H62O8. The smallest absolute Gasteiger partial charge is 0.309 e. The molecule has 0 amide bonds. The molecule has 44 heavy (non-hydrogen) atoms. The number of aliphatic hydroxyl groups excluding tert-OH is 2. The Morgan fingerprint density at radius 3 is 2.36 bits per heavy atom. The van der Waals surface area contributed by atoms with Crippen LogP contribution in [-0.4, -0.2) is 79.9 Å². The van der Waals surface area contributed by atoms with E-state index in [1.807, 2.05) is 20.8 Å². The highest BCUT2D eigenvalue weighted by Crippen LogP contribution is 2.32. The molecule has 2 N–H and O–H groups in total. The van der Waals surface area contributed by atoms with Crippen LogP contribution in [-0.2, 0) is 28.5 Å². The fourth-order valence-electron chi connectivity index (χ4n) is 7.09. The van der Waals surface area contributed by atoms with Crippen molar-refractivity contribution in [1.82, 2.24) is 0 Å². The molecule has 1 aliphatic carbocycles. The lowest BCUT2D eigenvalue weighted by molar-refractivity contribution is -0.189. The molecule has 0 spiro atoms. The largest absolute Gasteiger partial charge is 0.457 e. The van der Waals surface area contributed by atoms with Gasteiger partial charge in [0.15, 0.2) is 6.10 Å². The molecule has 11 atom stereocenters. The first kappa shape index (κ1) is 38.6. The number of cyclic esters (lactones) is 1. The predicted octanol–water partition coefficient (Wildman–Crippen LogP) is 6.22. The van der Waals surface area contributed by atoms with Gasteiger partial charge in [-0.15, -0.1) is 0 Å². The van der Waals surface area contributed by atoms with Crippen molar-refractivity contribution < 1.29 is 38.7 Å². The number of ketones is 1. The molecule has 1 saturated carbocycles. The number of hydrogen-bond acceptors (Lipinski definition) is 8. The molecular weight excluding hydrogens is 560 g/mol. The quantitative estimate of drug-likeness (QED) is 0.137. The van der Waals surface area contributed by atoms with Gasteiger partial charge >= 0.3 is 5.97 Å². The van der Waals surface area contributed by atoms with E-state index in [4.69, 9.17) is 18.9 Å². The Morgan fingerprint density at radius 1 is 1.07 bits per heavy atom. The zero-order chi connectivity index (χ0) is 33.0. The molecule has 2 aliphatic rings. The van der Waals surface area contributed by atoms with Crippen molar-refractivity contribution >= 4 is 11.8 Å². The average Bonchev–Trinajstić information content (AvgIpc) is 2.99. The summed E-state index contributed by atoms with van der Waals surface area (Å²) < 4.78 is 22.6. The summed E-state index contributed by atoms with van der Waals surface area (Å²) in [6.07, 6.45) is 9.52. The Bertz CT molecular complexity index is 944. The summed E-state index contributed by atoms with van der Waals surface area (Å²) in [5, 5.41) is 21.1. The molecule has 11 unspecified atom stereocenters. The Morgan fingerprint density at radius 2 is 1.75 bits per heavy atom. The van der Waals surface area contributed by atoms with Crippen LogP contribution < -0.4 is 0 Å². The van der Waals surface area contributed by atoms with Crippen LogP contribution in [0.3, 0.4) is 0 Å². The summed E-state index contributed by atoms with van der Waals surface area (Å²) in [6, 6.07) is 0. The third-order valence-corrected chi connectivity index (χ3v) is 9.83. The third-order valence-electron chi connectivity index (χ3n) is 9.83. The summed E-state index contributed by atoms with van der Waals surface area (Å²) in [5.74, 6) is 0.216. The number of esters is 1. The Balaban J connectivity index is 1.93. The van der Waals surface area contributed by atoms with E-state index in [-0.39, 0.29) is 59.7 Å². The van der Waals surface area contributed by atoms with Crippen LogP contribution in [0.15, 0.2) is 23.3 Å². The number of ether oxygens (including phenoxy) is 4. The van der Waals surface area contributed by atoms with Gasteiger partial charge in [-0.3, -0.25) is 9.59 Å². The molecule has 0 aromatic rings. The zero-order valence-corrected chi connectivity index (χ0v) is 28.9. The first-order valence-corrected chi connectivity index (χ1v) is 16.9. The lowest BCUT2D eigenvalue weighted by Gasteiger charge is -2.38. The topological polar surface area (TPSA) is 112 Å². The highest BCUT2D eigenvalue weighted by Gasteiger charge is 2.41. The molecule has 2 rings (SSSR count). The number of Topliss-reactive ketones (excluding diaryl/α,β-unsaturated/α-hetero) is 1. The summed E-state index contributed by atoms with van der Waals surface area (Å²) in [7, 11) is 4.94. The minimum absolute atomic E-state index is 0.0336. The molecule has 1 heterocycles. The van der Waals surface area contributed by atoms with Crippen LogP contribution in [0.25, 0.3) is 0 Å². The summed E-state index contributed by atoms with van der Waals surface area (Å²) >= 11 is 0. The highest BCUT2D eigenvalue weighted by atomic mass is 16.6. The second-order valence-electron chi connectivity index (χ2n) is 13.8. The molecule has 1 saturated heterocycles. The van der Waals surface area contributed by atoms with Gasteiger partial charge < -0.3 is 29.2 Å². The van der Waals surface area contributed by atoms with E-state index in [1.54, 1.807) is 21.3 Å². The standard InChI is InChI=1S/C36H62O8/c1-10-11-28(17-22(2)16-23(3)18-32(42-8)35-33(43-9)20-26(6)36(40)44-35)29(37)14-12-24(4)34(39)25(5)19-27-13-15-30(38)31(21-27)41-7/h17,19,23-24,26-28,30-35,38-39H,10-16,18,20-21H2,1-9H3. The van der Waals surface area contributed by atoms with Gasteiger partial charge in [0.2, 0.25) is 0 Å². The Hall–Kier alpha value is -1.58. The maximum atomic E-state index is 13.4. The van der Waals surface area contributed by atoms with E-state index in [2.05, 4.69) is 32.9 Å². The fourth-order valence-corrected chi connectivity index (χ4v) is 7.09. The van der Waals surface area contributed by atoms with Crippen LogP contribution in [0.5, 0.6) is 0 Å². The first-order valence-electron chi connectivity index (χ1n) is 16.9. The van der Waals surface area contributed by atoms with Crippen LogP contribution in [0.1, 0.15) is 106 Å². The molecule has 8 heteroatoms. The lowest BCUT2D eigenvalue weighted by Crippen LogP contribution is -2.49. The third kappa shape index (κ3) is 11.7. The molecule has 2 fully saturated rings. The number of allylic oxidation sites excluding steroid dienone is 3. The Kier molecular flexibility index (Phi) is 16.8. The van der Waals surface area contributed by atoms with Gasteiger partial charge in [0.1, 0.15) is 5.78 Å². The molecule has 0 bridgehead atoms. The zero-order valence-electron chi connectivity index (χ0n) is 28.9. The normalized spacial score (nSPS) is 30.3. The average molecular weight is 623 g/mol. The van der Waals surface area contributed by atoms with Crippen LogP contribution in [0.4, 0.5) is 0 Å². The molecule has 0 aromatic carbocycles.